The van der Waals surface area contributed by atoms with Crippen LogP contribution in [0.5, 0.6) is 17.2 Å². The molecule has 1 heterocycles. The molecule has 6 heteroatoms. The highest BCUT2D eigenvalue weighted by atomic mass is 16.7. The second-order valence-corrected chi connectivity index (χ2v) is 5.47. The van der Waals surface area contributed by atoms with Crippen LogP contribution in [0.3, 0.4) is 0 Å². The summed E-state index contributed by atoms with van der Waals surface area (Å²) in [5.41, 5.74) is 1.07. The lowest BCUT2D eigenvalue weighted by Gasteiger charge is -2.12. The molecule has 6 nitrogen and oxygen atoms in total. The van der Waals surface area contributed by atoms with Crippen LogP contribution in [0.15, 0.2) is 53.5 Å². The second kappa shape index (κ2) is 8.82. The van der Waals surface area contributed by atoms with Gasteiger partial charge in [0.15, 0.2) is 17.5 Å². The number of hydrogen-bond donors (Lipinski definition) is 2. The van der Waals surface area contributed by atoms with E-state index >= 15 is 0 Å². The molecule has 2 aromatic carbocycles. The van der Waals surface area contributed by atoms with Crippen molar-refractivity contribution in [2.75, 3.05) is 26.5 Å². The molecular weight excluding hydrogens is 318 g/mol. The Bertz CT molecular complexity index is 704. The summed E-state index contributed by atoms with van der Waals surface area (Å²) in [6, 6.07) is 15.7. The van der Waals surface area contributed by atoms with Gasteiger partial charge in [0.05, 0.1) is 13.1 Å². The molecular formula is C19H23N3O3. The Labute approximate surface area is 147 Å². The van der Waals surface area contributed by atoms with E-state index in [2.05, 4.69) is 15.6 Å². The van der Waals surface area contributed by atoms with Crippen LogP contribution in [0.1, 0.15) is 12.5 Å². The van der Waals surface area contributed by atoms with Gasteiger partial charge in [-0.3, -0.25) is 0 Å². The molecule has 0 saturated heterocycles. The van der Waals surface area contributed by atoms with Crippen LogP contribution in [-0.4, -0.2) is 32.4 Å². The van der Waals surface area contributed by atoms with Crippen LogP contribution in [-0.2, 0) is 6.54 Å². The van der Waals surface area contributed by atoms with E-state index in [1.54, 1.807) is 0 Å². The smallest absolute Gasteiger partial charge is 0.231 e. The highest BCUT2D eigenvalue weighted by molar-refractivity contribution is 5.79. The molecule has 0 atom stereocenters. The van der Waals surface area contributed by atoms with Crippen molar-refractivity contribution >= 4 is 5.96 Å². The molecule has 0 aromatic heterocycles. The number of ether oxygens (including phenoxy) is 3. The zero-order valence-corrected chi connectivity index (χ0v) is 14.3. The zero-order valence-electron chi connectivity index (χ0n) is 14.3. The second-order valence-electron chi connectivity index (χ2n) is 5.47. The summed E-state index contributed by atoms with van der Waals surface area (Å²) in [5.74, 6) is 3.20. The number of nitrogens with one attached hydrogen (secondary N) is 2. The summed E-state index contributed by atoms with van der Waals surface area (Å²) < 4.78 is 16.4. The Kier molecular flexibility index (Phi) is 5.98. The Morgan fingerprint density at radius 2 is 1.92 bits per heavy atom. The van der Waals surface area contributed by atoms with E-state index in [4.69, 9.17) is 14.2 Å². The zero-order chi connectivity index (χ0) is 17.3. The lowest BCUT2D eigenvalue weighted by molar-refractivity contribution is 0.174. The molecule has 0 bridgehead atoms. The highest BCUT2D eigenvalue weighted by Crippen LogP contribution is 2.32. The van der Waals surface area contributed by atoms with Crippen LogP contribution in [0, 0.1) is 0 Å². The molecule has 3 rings (SSSR count). The van der Waals surface area contributed by atoms with Gasteiger partial charge >= 0.3 is 0 Å². The minimum absolute atomic E-state index is 0.285. The Hall–Kier alpha value is -2.89. The van der Waals surface area contributed by atoms with Crippen molar-refractivity contribution in [3.05, 3.63) is 54.1 Å². The maximum Gasteiger partial charge on any atom is 0.231 e. The average molecular weight is 341 g/mol. The maximum absolute atomic E-state index is 5.67. The molecule has 0 radical (unpaired) electrons. The number of guanidine groups is 1. The topological polar surface area (TPSA) is 64.1 Å². The largest absolute Gasteiger partial charge is 0.492 e. The third-order valence-corrected chi connectivity index (χ3v) is 3.61. The van der Waals surface area contributed by atoms with Crippen molar-refractivity contribution in [3.8, 4) is 17.2 Å². The Morgan fingerprint density at radius 1 is 1.08 bits per heavy atom. The minimum atomic E-state index is 0.285. The number of nitrogens with zero attached hydrogens (tertiary/aromatic N) is 1. The fourth-order valence-corrected chi connectivity index (χ4v) is 2.41. The summed E-state index contributed by atoms with van der Waals surface area (Å²) in [7, 11) is 0. The van der Waals surface area contributed by atoms with Crippen LogP contribution in [0.4, 0.5) is 0 Å². The molecule has 0 saturated carbocycles. The van der Waals surface area contributed by atoms with Gasteiger partial charge in [-0.2, -0.15) is 0 Å². The van der Waals surface area contributed by atoms with Gasteiger partial charge in [-0.25, -0.2) is 4.99 Å². The first-order valence-electron chi connectivity index (χ1n) is 8.43. The number of aliphatic imine (C=N–C) groups is 1. The van der Waals surface area contributed by atoms with E-state index in [9.17, 15) is 0 Å². The van der Waals surface area contributed by atoms with E-state index in [1.165, 1.54) is 0 Å². The van der Waals surface area contributed by atoms with Crippen molar-refractivity contribution < 1.29 is 14.2 Å². The van der Waals surface area contributed by atoms with Crippen molar-refractivity contribution in [1.82, 2.24) is 10.6 Å². The first-order valence-corrected chi connectivity index (χ1v) is 8.43. The molecule has 0 fully saturated rings. The quantitative estimate of drug-likeness (QED) is 0.460. The summed E-state index contributed by atoms with van der Waals surface area (Å²) in [5, 5.41) is 6.50. The monoisotopic (exact) mass is 341 g/mol. The van der Waals surface area contributed by atoms with Crippen LogP contribution < -0.4 is 24.8 Å². The molecule has 1 aliphatic rings. The summed E-state index contributed by atoms with van der Waals surface area (Å²) in [6.07, 6.45) is 0. The molecule has 0 spiro atoms. The number of benzene rings is 2. The molecule has 0 amide bonds. The normalized spacial score (nSPS) is 12.8. The number of rotatable bonds is 7. The van der Waals surface area contributed by atoms with E-state index in [1.807, 2.05) is 55.5 Å². The number of hydrogen-bond acceptors (Lipinski definition) is 4. The first kappa shape index (κ1) is 17.0. The summed E-state index contributed by atoms with van der Waals surface area (Å²) in [4.78, 5) is 4.60. The Balaban J connectivity index is 1.49. The van der Waals surface area contributed by atoms with Crippen LogP contribution >= 0.6 is 0 Å². The fourth-order valence-electron chi connectivity index (χ4n) is 2.41. The highest BCUT2D eigenvalue weighted by Gasteiger charge is 2.12. The van der Waals surface area contributed by atoms with E-state index in [-0.39, 0.29) is 6.79 Å². The van der Waals surface area contributed by atoms with Crippen molar-refractivity contribution in [1.29, 1.82) is 0 Å². The van der Waals surface area contributed by atoms with Crippen molar-refractivity contribution in [2.45, 2.75) is 13.5 Å². The van der Waals surface area contributed by atoms with Gasteiger partial charge in [0.2, 0.25) is 6.79 Å². The number of para-hydroxylation sites is 1. The van der Waals surface area contributed by atoms with Gasteiger partial charge < -0.3 is 24.8 Å². The molecule has 2 N–H and O–H groups in total. The van der Waals surface area contributed by atoms with E-state index < -0.39 is 0 Å². The number of fused-ring (bicyclic) bond motifs is 1. The molecule has 132 valence electrons. The third-order valence-electron chi connectivity index (χ3n) is 3.61. The van der Waals surface area contributed by atoms with E-state index in [0.717, 1.165) is 35.3 Å². The molecule has 2 aromatic rings. The average Bonchev–Trinajstić information content (AvgIpc) is 3.12. The van der Waals surface area contributed by atoms with Gasteiger partial charge in [-0.1, -0.05) is 24.3 Å². The first-order chi connectivity index (χ1) is 12.3. The maximum atomic E-state index is 5.67. The molecule has 1 aliphatic heterocycles. The predicted octanol–water partition coefficient (Wildman–Crippen LogP) is 2.55. The van der Waals surface area contributed by atoms with Gasteiger partial charge in [0.1, 0.15) is 12.4 Å². The summed E-state index contributed by atoms with van der Waals surface area (Å²) in [6.45, 7) is 4.92. The van der Waals surface area contributed by atoms with Gasteiger partial charge in [0, 0.05) is 6.54 Å². The van der Waals surface area contributed by atoms with E-state index in [0.29, 0.717) is 19.7 Å². The van der Waals surface area contributed by atoms with Gasteiger partial charge in [-0.15, -0.1) is 0 Å². The van der Waals surface area contributed by atoms with Gasteiger partial charge in [0.25, 0.3) is 0 Å². The molecule has 0 aliphatic carbocycles. The fraction of sp³-hybridized carbons (Fsp3) is 0.316. The SMILES string of the molecule is CCNC(=NCc1ccc2c(c1)OCO2)NCCOc1ccccc1. The molecule has 0 unspecified atom stereocenters. The lowest BCUT2D eigenvalue weighted by atomic mass is 10.2. The lowest BCUT2D eigenvalue weighted by Crippen LogP contribution is -2.39. The minimum Gasteiger partial charge on any atom is -0.492 e. The van der Waals surface area contributed by atoms with Crippen molar-refractivity contribution in [3.63, 3.8) is 0 Å². The van der Waals surface area contributed by atoms with Crippen molar-refractivity contribution in [2.24, 2.45) is 4.99 Å². The van der Waals surface area contributed by atoms with Crippen LogP contribution in [0.25, 0.3) is 0 Å². The summed E-state index contributed by atoms with van der Waals surface area (Å²) >= 11 is 0. The molecule has 25 heavy (non-hydrogen) atoms. The van der Waals surface area contributed by atoms with Crippen LogP contribution in [0.2, 0.25) is 0 Å². The van der Waals surface area contributed by atoms with Gasteiger partial charge in [-0.05, 0) is 36.8 Å². The third kappa shape index (κ3) is 5.04. The Morgan fingerprint density at radius 3 is 2.76 bits per heavy atom. The standard InChI is InChI=1S/C19H23N3O3/c1-2-20-19(21-10-11-23-16-6-4-3-5-7-16)22-13-15-8-9-17-18(12-15)25-14-24-17/h3-9,12H,2,10-11,13-14H2,1H3,(H2,20,21,22). The predicted molar refractivity (Wildman–Crippen MR) is 97.3 cm³/mol.